The number of nitrogens with zero attached hydrogens (tertiary/aromatic N) is 3. The number of hydrogen-bond acceptors (Lipinski definition) is 4. The smallest absolute Gasteiger partial charge is 0.356 e. The number of anilines is 1. The van der Waals surface area contributed by atoms with E-state index in [4.69, 9.17) is 5.11 Å². The zero-order valence-corrected chi connectivity index (χ0v) is 12.7. The van der Waals surface area contributed by atoms with Crippen LogP contribution in [0.5, 0.6) is 0 Å². The molecule has 0 aliphatic carbocycles. The molecule has 7 nitrogen and oxygen atoms in total. The van der Waals surface area contributed by atoms with E-state index in [1.807, 2.05) is 43.3 Å². The van der Waals surface area contributed by atoms with Gasteiger partial charge in [0.2, 0.25) is 0 Å². The van der Waals surface area contributed by atoms with Crippen LogP contribution in [0, 0.1) is 0 Å². The van der Waals surface area contributed by atoms with Gasteiger partial charge in [-0.3, -0.25) is 9.48 Å². The highest BCUT2D eigenvalue weighted by molar-refractivity contribution is 5.95. The molecular formula is C15H18N4O3. The first-order chi connectivity index (χ1) is 10.4. The second-order valence-corrected chi connectivity index (χ2v) is 5.05. The molecule has 0 saturated carbocycles. The Bertz CT molecular complexity index is 707. The van der Waals surface area contributed by atoms with Crippen LogP contribution in [0.3, 0.4) is 0 Å². The molecule has 0 spiro atoms. The first-order valence-corrected chi connectivity index (χ1v) is 6.71. The van der Waals surface area contributed by atoms with Crippen molar-refractivity contribution in [1.82, 2.24) is 15.1 Å². The number of benzene rings is 1. The van der Waals surface area contributed by atoms with Crippen LogP contribution in [0.15, 0.2) is 30.3 Å². The van der Waals surface area contributed by atoms with Crippen molar-refractivity contribution in [2.45, 2.75) is 6.54 Å². The Kier molecular flexibility index (Phi) is 4.45. The zero-order valence-electron chi connectivity index (χ0n) is 12.7. The van der Waals surface area contributed by atoms with Gasteiger partial charge in [0.1, 0.15) is 5.69 Å². The minimum atomic E-state index is -1.16. The van der Waals surface area contributed by atoms with Crippen LogP contribution in [0.25, 0.3) is 0 Å². The van der Waals surface area contributed by atoms with Gasteiger partial charge < -0.3 is 15.3 Å². The summed E-state index contributed by atoms with van der Waals surface area (Å²) < 4.78 is 1.26. The number of amides is 1. The summed E-state index contributed by atoms with van der Waals surface area (Å²) in [6.07, 6.45) is 0. The maximum absolute atomic E-state index is 12.2. The summed E-state index contributed by atoms with van der Waals surface area (Å²) in [5.41, 5.74) is 2.04. The van der Waals surface area contributed by atoms with E-state index in [2.05, 4.69) is 10.4 Å². The van der Waals surface area contributed by atoms with Gasteiger partial charge in [-0.15, -0.1) is 0 Å². The molecule has 0 unspecified atom stereocenters. The molecule has 2 rings (SSSR count). The van der Waals surface area contributed by atoms with Gasteiger partial charge in [-0.1, -0.05) is 18.2 Å². The molecule has 0 aliphatic rings. The fraction of sp³-hybridized carbons (Fsp3) is 0.267. The molecule has 1 aromatic carbocycles. The van der Waals surface area contributed by atoms with Crippen molar-refractivity contribution in [3.05, 3.63) is 47.3 Å². The highest BCUT2D eigenvalue weighted by atomic mass is 16.4. The Morgan fingerprint density at radius 1 is 1.32 bits per heavy atom. The molecule has 2 N–H and O–H groups in total. The molecular weight excluding hydrogens is 284 g/mol. The average molecular weight is 302 g/mol. The van der Waals surface area contributed by atoms with E-state index in [0.29, 0.717) is 6.54 Å². The summed E-state index contributed by atoms with van der Waals surface area (Å²) in [4.78, 5) is 25.0. The van der Waals surface area contributed by atoms with Crippen molar-refractivity contribution >= 4 is 17.6 Å². The van der Waals surface area contributed by atoms with E-state index in [1.54, 1.807) is 0 Å². The van der Waals surface area contributed by atoms with E-state index in [0.717, 1.165) is 11.3 Å². The third-order valence-corrected chi connectivity index (χ3v) is 3.24. The summed E-state index contributed by atoms with van der Waals surface area (Å²) in [5, 5.41) is 15.5. The SMILES string of the molecule is CN(C)c1ccccc1CNC(=O)c1cc(C(=O)O)nn1C. The van der Waals surface area contributed by atoms with Crippen LogP contribution >= 0.6 is 0 Å². The van der Waals surface area contributed by atoms with Crippen LogP contribution < -0.4 is 10.2 Å². The molecule has 0 saturated heterocycles. The average Bonchev–Trinajstić information content (AvgIpc) is 2.87. The van der Waals surface area contributed by atoms with Crippen molar-refractivity contribution in [2.24, 2.45) is 7.05 Å². The lowest BCUT2D eigenvalue weighted by Crippen LogP contribution is -2.26. The highest BCUT2D eigenvalue weighted by Crippen LogP contribution is 2.17. The number of hydrogen-bond donors (Lipinski definition) is 2. The Morgan fingerprint density at radius 3 is 2.59 bits per heavy atom. The Morgan fingerprint density at radius 2 is 2.00 bits per heavy atom. The molecule has 0 aliphatic heterocycles. The number of aromatic nitrogens is 2. The fourth-order valence-corrected chi connectivity index (χ4v) is 2.15. The third kappa shape index (κ3) is 3.25. The summed E-state index contributed by atoms with van der Waals surface area (Å²) >= 11 is 0. The second-order valence-electron chi connectivity index (χ2n) is 5.05. The first kappa shape index (κ1) is 15.6. The van der Waals surface area contributed by atoms with Gasteiger partial charge in [-0.25, -0.2) is 4.79 Å². The van der Waals surface area contributed by atoms with Crippen molar-refractivity contribution in [1.29, 1.82) is 0 Å². The molecule has 0 bridgehead atoms. The molecule has 1 amide bonds. The molecule has 22 heavy (non-hydrogen) atoms. The molecule has 7 heteroatoms. The van der Waals surface area contributed by atoms with Gasteiger partial charge in [0, 0.05) is 39.4 Å². The predicted molar refractivity (Wildman–Crippen MR) is 82.1 cm³/mol. The number of carboxylic acids is 1. The molecule has 2 aromatic rings. The first-order valence-electron chi connectivity index (χ1n) is 6.71. The summed E-state index contributed by atoms with van der Waals surface area (Å²) in [5.74, 6) is -1.52. The monoisotopic (exact) mass is 302 g/mol. The molecule has 1 heterocycles. The van der Waals surface area contributed by atoms with Gasteiger partial charge in [0.15, 0.2) is 5.69 Å². The lowest BCUT2D eigenvalue weighted by atomic mass is 10.1. The van der Waals surface area contributed by atoms with Gasteiger partial charge in [-0.05, 0) is 11.6 Å². The quantitative estimate of drug-likeness (QED) is 0.864. The normalized spacial score (nSPS) is 10.3. The molecule has 0 atom stereocenters. The Labute approximate surface area is 128 Å². The minimum Gasteiger partial charge on any atom is -0.476 e. The largest absolute Gasteiger partial charge is 0.476 e. The topological polar surface area (TPSA) is 87.5 Å². The zero-order chi connectivity index (χ0) is 16.3. The van der Waals surface area contributed by atoms with Crippen LogP contribution in [-0.2, 0) is 13.6 Å². The maximum atomic E-state index is 12.2. The molecule has 0 radical (unpaired) electrons. The Balaban J connectivity index is 2.12. The van der Waals surface area contributed by atoms with Crippen LogP contribution in [0.1, 0.15) is 26.5 Å². The molecule has 116 valence electrons. The van der Waals surface area contributed by atoms with Gasteiger partial charge in [-0.2, -0.15) is 5.10 Å². The Hall–Kier alpha value is -2.83. The van der Waals surface area contributed by atoms with Crippen molar-refractivity contribution < 1.29 is 14.7 Å². The summed E-state index contributed by atoms with van der Waals surface area (Å²) in [6.45, 7) is 0.348. The number of rotatable bonds is 5. The van der Waals surface area contributed by atoms with Crippen molar-refractivity contribution in [2.75, 3.05) is 19.0 Å². The van der Waals surface area contributed by atoms with Gasteiger partial charge in [0.05, 0.1) is 0 Å². The number of nitrogens with one attached hydrogen (secondary N) is 1. The van der Waals surface area contributed by atoms with Crippen LogP contribution in [0.4, 0.5) is 5.69 Å². The van der Waals surface area contributed by atoms with Crippen LogP contribution in [-0.4, -0.2) is 40.9 Å². The maximum Gasteiger partial charge on any atom is 0.356 e. The van der Waals surface area contributed by atoms with E-state index < -0.39 is 5.97 Å². The van der Waals surface area contributed by atoms with E-state index in [9.17, 15) is 9.59 Å². The third-order valence-electron chi connectivity index (χ3n) is 3.24. The molecule has 1 aromatic heterocycles. The summed E-state index contributed by atoms with van der Waals surface area (Å²) in [7, 11) is 5.40. The van der Waals surface area contributed by atoms with Gasteiger partial charge >= 0.3 is 5.97 Å². The molecule has 0 fully saturated rings. The number of aryl methyl sites for hydroxylation is 1. The fourth-order valence-electron chi connectivity index (χ4n) is 2.15. The summed E-state index contributed by atoms with van der Waals surface area (Å²) in [6, 6.07) is 8.99. The lowest BCUT2D eigenvalue weighted by Gasteiger charge is -2.17. The number of para-hydroxylation sites is 1. The van der Waals surface area contributed by atoms with E-state index in [-0.39, 0.29) is 17.3 Å². The minimum absolute atomic E-state index is 0.152. The standard InChI is InChI=1S/C15H18N4O3/c1-18(2)12-7-5-4-6-10(12)9-16-14(20)13-8-11(15(21)22)17-19(13)3/h4-8H,9H2,1-3H3,(H,16,20)(H,21,22). The number of carbonyl (C=O) groups excluding carboxylic acids is 1. The van der Waals surface area contributed by atoms with Crippen molar-refractivity contribution in [3.8, 4) is 0 Å². The van der Waals surface area contributed by atoms with Crippen LogP contribution in [0.2, 0.25) is 0 Å². The highest BCUT2D eigenvalue weighted by Gasteiger charge is 2.17. The van der Waals surface area contributed by atoms with Gasteiger partial charge in [0.25, 0.3) is 5.91 Å². The number of aromatic carboxylic acids is 1. The predicted octanol–water partition coefficient (Wildman–Crippen LogP) is 1.11. The van der Waals surface area contributed by atoms with Crippen molar-refractivity contribution in [3.63, 3.8) is 0 Å². The van der Waals surface area contributed by atoms with E-state index in [1.165, 1.54) is 17.8 Å². The number of carbonyl (C=O) groups is 2. The van der Waals surface area contributed by atoms with E-state index >= 15 is 0 Å². The number of carboxylic acid groups (broad SMARTS) is 1. The lowest BCUT2D eigenvalue weighted by molar-refractivity contribution is 0.0689. The second kappa shape index (κ2) is 6.30.